The lowest BCUT2D eigenvalue weighted by molar-refractivity contribution is -0.141. The van der Waals surface area contributed by atoms with Gasteiger partial charge in [-0.05, 0) is 25.1 Å². The van der Waals surface area contributed by atoms with E-state index in [-0.39, 0.29) is 10.9 Å². The van der Waals surface area contributed by atoms with Gasteiger partial charge in [0.25, 0.3) is 5.89 Å². The Morgan fingerprint density at radius 2 is 1.83 bits per heavy atom. The highest BCUT2D eigenvalue weighted by Gasteiger charge is 2.32. The Kier molecular flexibility index (Phi) is 4.52. The maximum absolute atomic E-state index is 12.6. The van der Waals surface area contributed by atoms with Crippen molar-refractivity contribution in [1.29, 1.82) is 0 Å². The van der Waals surface area contributed by atoms with Gasteiger partial charge in [0.1, 0.15) is 5.69 Å². The molecular weight excluding hydrogens is 341 g/mol. The largest absolute Gasteiger partial charge is 0.433 e. The normalized spacial score (nSPS) is 11.7. The molecule has 0 unspecified atom stereocenters. The van der Waals surface area contributed by atoms with Crippen LogP contribution in [0.4, 0.5) is 13.2 Å². The molecule has 0 aliphatic rings. The lowest BCUT2D eigenvalue weighted by Crippen LogP contribution is -2.08. The van der Waals surface area contributed by atoms with Crippen LogP contribution in [-0.4, -0.2) is 20.1 Å². The number of alkyl halides is 3. The molecule has 0 spiro atoms. The summed E-state index contributed by atoms with van der Waals surface area (Å²) in [7, 11) is 0. The van der Waals surface area contributed by atoms with Gasteiger partial charge in [-0.3, -0.25) is 0 Å². The SMILES string of the molecule is Cc1ccc(-c2nc(CSc3nccc(C(F)(F)F)n3)no2)cc1. The van der Waals surface area contributed by atoms with Crippen molar-refractivity contribution in [1.82, 2.24) is 20.1 Å². The van der Waals surface area contributed by atoms with Crippen LogP contribution in [-0.2, 0) is 11.9 Å². The Balaban J connectivity index is 1.69. The van der Waals surface area contributed by atoms with E-state index in [1.165, 1.54) is 0 Å². The summed E-state index contributed by atoms with van der Waals surface area (Å²) in [5.41, 5.74) is 0.906. The molecule has 0 aliphatic carbocycles. The average Bonchev–Trinajstić information content (AvgIpc) is 3.02. The van der Waals surface area contributed by atoms with Crippen molar-refractivity contribution in [3.05, 3.63) is 53.6 Å². The van der Waals surface area contributed by atoms with Gasteiger partial charge < -0.3 is 4.52 Å². The zero-order valence-electron chi connectivity index (χ0n) is 12.4. The number of hydrogen-bond acceptors (Lipinski definition) is 6. The molecule has 0 amide bonds. The van der Waals surface area contributed by atoms with Crippen molar-refractivity contribution in [2.75, 3.05) is 0 Å². The first-order valence-corrected chi connectivity index (χ1v) is 7.83. The Bertz CT molecular complexity index is 833. The molecule has 5 nitrogen and oxygen atoms in total. The summed E-state index contributed by atoms with van der Waals surface area (Å²) in [5.74, 6) is 0.920. The van der Waals surface area contributed by atoms with Crippen molar-refractivity contribution in [2.45, 2.75) is 24.0 Å². The van der Waals surface area contributed by atoms with Gasteiger partial charge in [0, 0.05) is 11.8 Å². The van der Waals surface area contributed by atoms with Crippen LogP contribution in [0, 0.1) is 6.92 Å². The topological polar surface area (TPSA) is 64.7 Å². The summed E-state index contributed by atoms with van der Waals surface area (Å²) in [6.45, 7) is 1.97. The molecule has 3 aromatic rings. The third kappa shape index (κ3) is 3.91. The second-order valence-corrected chi connectivity index (χ2v) is 5.84. The predicted molar refractivity (Wildman–Crippen MR) is 81.1 cm³/mol. The minimum atomic E-state index is -4.50. The van der Waals surface area contributed by atoms with Gasteiger partial charge in [0.2, 0.25) is 0 Å². The molecule has 124 valence electrons. The summed E-state index contributed by atoms with van der Waals surface area (Å²) in [6.07, 6.45) is -3.42. The van der Waals surface area contributed by atoms with E-state index in [0.717, 1.165) is 35.2 Å². The number of benzene rings is 1. The van der Waals surface area contributed by atoms with E-state index in [4.69, 9.17) is 4.52 Å². The molecule has 0 fully saturated rings. The van der Waals surface area contributed by atoms with Crippen molar-refractivity contribution in [2.24, 2.45) is 0 Å². The molecule has 0 atom stereocenters. The van der Waals surface area contributed by atoms with Crippen LogP contribution in [0.1, 0.15) is 17.1 Å². The van der Waals surface area contributed by atoms with Crippen LogP contribution in [0.3, 0.4) is 0 Å². The van der Waals surface area contributed by atoms with Crippen molar-refractivity contribution in [3.8, 4) is 11.5 Å². The molecule has 2 aromatic heterocycles. The van der Waals surface area contributed by atoms with E-state index >= 15 is 0 Å². The Hall–Kier alpha value is -2.42. The summed E-state index contributed by atoms with van der Waals surface area (Å²) in [5, 5.41) is 3.82. The van der Waals surface area contributed by atoms with Crippen LogP contribution in [0.15, 0.2) is 46.2 Å². The van der Waals surface area contributed by atoms with E-state index < -0.39 is 11.9 Å². The zero-order chi connectivity index (χ0) is 17.2. The molecule has 9 heteroatoms. The highest BCUT2D eigenvalue weighted by molar-refractivity contribution is 7.98. The molecule has 0 saturated carbocycles. The lowest BCUT2D eigenvalue weighted by Gasteiger charge is -2.05. The quantitative estimate of drug-likeness (QED) is 0.519. The van der Waals surface area contributed by atoms with Crippen molar-refractivity contribution in [3.63, 3.8) is 0 Å². The zero-order valence-corrected chi connectivity index (χ0v) is 13.2. The maximum atomic E-state index is 12.6. The fourth-order valence-corrected chi connectivity index (χ4v) is 2.50. The molecule has 3 rings (SSSR count). The number of rotatable bonds is 4. The van der Waals surface area contributed by atoms with Crippen molar-refractivity contribution < 1.29 is 17.7 Å². The van der Waals surface area contributed by atoms with Crippen LogP contribution < -0.4 is 0 Å². The smallest absolute Gasteiger partial charge is 0.334 e. The average molecular weight is 352 g/mol. The monoisotopic (exact) mass is 352 g/mol. The first kappa shape index (κ1) is 16.4. The van der Waals surface area contributed by atoms with E-state index in [9.17, 15) is 13.2 Å². The number of aromatic nitrogens is 4. The molecule has 2 heterocycles. The highest BCUT2D eigenvalue weighted by Crippen LogP contribution is 2.29. The Morgan fingerprint density at radius 3 is 2.54 bits per heavy atom. The molecule has 0 bridgehead atoms. The van der Waals surface area contributed by atoms with Gasteiger partial charge >= 0.3 is 6.18 Å². The fraction of sp³-hybridized carbons (Fsp3) is 0.200. The van der Waals surface area contributed by atoms with E-state index in [2.05, 4.69) is 20.1 Å². The van der Waals surface area contributed by atoms with Gasteiger partial charge in [-0.2, -0.15) is 18.2 Å². The first-order chi connectivity index (χ1) is 11.4. The summed E-state index contributed by atoms with van der Waals surface area (Å²) in [6, 6.07) is 8.38. The van der Waals surface area contributed by atoms with E-state index in [0.29, 0.717) is 11.7 Å². The summed E-state index contributed by atoms with van der Waals surface area (Å²) >= 11 is 1.01. The number of aryl methyl sites for hydroxylation is 1. The third-order valence-corrected chi connectivity index (χ3v) is 3.88. The molecule has 1 aromatic carbocycles. The van der Waals surface area contributed by atoms with Gasteiger partial charge in [-0.25, -0.2) is 9.97 Å². The fourth-order valence-electron chi connectivity index (χ4n) is 1.82. The van der Waals surface area contributed by atoms with Gasteiger partial charge in [-0.1, -0.05) is 34.6 Å². The number of nitrogens with zero attached hydrogens (tertiary/aromatic N) is 4. The molecule has 0 aliphatic heterocycles. The highest BCUT2D eigenvalue weighted by atomic mass is 32.2. The van der Waals surface area contributed by atoms with Crippen LogP contribution >= 0.6 is 11.8 Å². The number of halogens is 3. The summed E-state index contributed by atoms with van der Waals surface area (Å²) < 4.78 is 43.0. The number of thioether (sulfide) groups is 1. The standard InChI is InChI=1S/C15H11F3N4OS/c1-9-2-4-10(5-3-9)13-21-12(22-23-13)8-24-14-19-7-6-11(20-14)15(16,17)18/h2-7H,8H2,1H3. The lowest BCUT2D eigenvalue weighted by atomic mass is 10.1. The van der Waals surface area contributed by atoms with E-state index in [1.54, 1.807) is 0 Å². The third-order valence-electron chi connectivity index (χ3n) is 3.02. The van der Waals surface area contributed by atoms with E-state index in [1.807, 2.05) is 31.2 Å². The first-order valence-electron chi connectivity index (χ1n) is 6.84. The van der Waals surface area contributed by atoms with Crippen LogP contribution in [0.2, 0.25) is 0 Å². The van der Waals surface area contributed by atoms with Crippen LogP contribution in [0.5, 0.6) is 0 Å². The molecule has 0 radical (unpaired) electrons. The van der Waals surface area contributed by atoms with Gasteiger partial charge in [0.05, 0.1) is 5.75 Å². The molecular formula is C15H11F3N4OS. The minimum Gasteiger partial charge on any atom is -0.334 e. The minimum absolute atomic E-state index is 0.00603. The molecule has 0 saturated heterocycles. The van der Waals surface area contributed by atoms with Crippen LogP contribution in [0.25, 0.3) is 11.5 Å². The van der Waals surface area contributed by atoms with Gasteiger partial charge in [-0.15, -0.1) is 0 Å². The molecule has 0 N–H and O–H groups in total. The Labute approximate surface area is 139 Å². The summed E-state index contributed by atoms with van der Waals surface area (Å²) in [4.78, 5) is 11.5. The van der Waals surface area contributed by atoms with Crippen molar-refractivity contribution >= 4 is 11.8 Å². The predicted octanol–water partition coefficient (Wildman–Crippen LogP) is 4.15. The second-order valence-electron chi connectivity index (χ2n) is 4.89. The van der Waals surface area contributed by atoms with Gasteiger partial charge in [0.15, 0.2) is 11.0 Å². The Morgan fingerprint density at radius 1 is 1.08 bits per heavy atom. The molecule has 24 heavy (non-hydrogen) atoms. The second kappa shape index (κ2) is 6.60. The maximum Gasteiger partial charge on any atom is 0.433 e. The number of hydrogen-bond donors (Lipinski definition) is 0.